The first-order chi connectivity index (χ1) is 13.1. The summed E-state index contributed by atoms with van der Waals surface area (Å²) in [6.45, 7) is 4.52. The molecule has 27 heavy (non-hydrogen) atoms. The van der Waals surface area contributed by atoms with Gasteiger partial charge in [0.1, 0.15) is 0 Å². The van der Waals surface area contributed by atoms with E-state index in [0.29, 0.717) is 5.56 Å². The number of carbonyl (C=O) groups excluding carboxylic acids is 2. The molecule has 3 rings (SSSR count). The minimum atomic E-state index is -0.644. The molecule has 0 aliphatic heterocycles. The monoisotopic (exact) mass is 367 g/mol. The Hall–Kier alpha value is -2.76. The maximum atomic E-state index is 12.5. The van der Waals surface area contributed by atoms with Crippen molar-refractivity contribution in [2.75, 3.05) is 6.61 Å². The van der Waals surface area contributed by atoms with Crippen molar-refractivity contribution in [1.29, 1.82) is 0 Å². The van der Waals surface area contributed by atoms with Crippen molar-refractivity contribution < 1.29 is 14.3 Å². The zero-order chi connectivity index (χ0) is 19.2. The first-order valence-corrected chi connectivity index (χ1v) is 9.37. The van der Waals surface area contributed by atoms with E-state index in [1.807, 2.05) is 19.9 Å². The Labute approximate surface area is 159 Å². The molecule has 0 spiro atoms. The van der Waals surface area contributed by atoms with E-state index in [2.05, 4.69) is 20.6 Å². The highest BCUT2D eigenvalue weighted by Gasteiger charge is 2.18. The Balaban J connectivity index is 1.61. The van der Waals surface area contributed by atoms with Gasteiger partial charge in [-0.25, -0.2) is 9.78 Å². The van der Waals surface area contributed by atoms with E-state index >= 15 is 0 Å². The highest BCUT2D eigenvalue weighted by molar-refractivity contribution is 6.00. The van der Waals surface area contributed by atoms with Gasteiger partial charge in [-0.15, -0.1) is 0 Å². The number of Topliss-reactive ketones (excluding diaryl/α,β-unsaturated/α-hetero) is 1. The summed E-state index contributed by atoms with van der Waals surface area (Å²) in [6.07, 6.45) is 12.5. The van der Waals surface area contributed by atoms with E-state index < -0.39 is 5.97 Å². The molecule has 1 aliphatic rings. The number of carbonyl (C=O) groups is 2. The SMILES string of the molecule is Cc1cc(C(=O)COC(=O)c2cnccn2)c(C)n1CCC1=CCCCC1. The Morgan fingerprint density at radius 3 is 2.78 bits per heavy atom. The average molecular weight is 367 g/mol. The van der Waals surface area contributed by atoms with Gasteiger partial charge in [-0.05, 0) is 52.0 Å². The lowest BCUT2D eigenvalue weighted by Gasteiger charge is -2.15. The minimum absolute atomic E-state index is 0.0940. The highest BCUT2D eigenvalue weighted by Crippen LogP contribution is 2.23. The summed E-state index contributed by atoms with van der Waals surface area (Å²) in [5.74, 6) is -0.849. The predicted octanol–water partition coefficient (Wildman–Crippen LogP) is 3.83. The van der Waals surface area contributed by atoms with Crippen molar-refractivity contribution in [2.24, 2.45) is 0 Å². The largest absolute Gasteiger partial charge is 0.453 e. The molecule has 2 heterocycles. The van der Waals surface area contributed by atoms with Gasteiger partial charge in [0.2, 0.25) is 5.78 Å². The molecule has 6 heteroatoms. The summed E-state index contributed by atoms with van der Waals surface area (Å²) in [4.78, 5) is 32.2. The van der Waals surface area contributed by atoms with Crippen LogP contribution in [-0.2, 0) is 11.3 Å². The van der Waals surface area contributed by atoms with Crippen LogP contribution < -0.4 is 0 Å². The number of rotatable bonds is 7. The molecule has 0 radical (unpaired) electrons. The highest BCUT2D eigenvalue weighted by atomic mass is 16.5. The Bertz CT molecular complexity index is 853. The fourth-order valence-electron chi connectivity index (χ4n) is 3.50. The molecule has 0 fully saturated rings. The number of nitrogens with zero attached hydrogens (tertiary/aromatic N) is 3. The second-order valence-corrected chi connectivity index (χ2v) is 6.88. The molecule has 0 saturated carbocycles. The lowest BCUT2D eigenvalue weighted by molar-refractivity contribution is 0.0468. The van der Waals surface area contributed by atoms with Crippen LogP contribution in [0.3, 0.4) is 0 Å². The third-order valence-electron chi connectivity index (χ3n) is 5.02. The molecular formula is C21H25N3O3. The first-order valence-electron chi connectivity index (χ1n) is 9.37. The Morgan fingerprint density at radius 2 is 2.07 bits per heavy atom. The number of aromatic nitrogens is 3. The molecule has 1 aliphatic carbocycles. The lowest BCUT2D eigenvalue weighted by Crippen LogP contribution is -2.16. The number of ether oxygens (including phenoxy) is 1. The van der Waals surface area contributed by atoms with Crippen molar-refractivity contribution in [2.45, 2.75) is 52.5 Å². The number of esters is 1. The van der Waals surface area contributed by atoms with Gasteiger partial charge in [-0.2, -0.15) is 0 Å². The number of allylic oxidation sites excluding steroid dienone is 2. The van der Waals surface area contributed by atoms with Gasteiger partial charge in [0.25, 0.3) is 0 Å². The minimum Gasteiger partial charge on any atom is -0.453 e. The van der Waals surface area contributed by atoms with Crippen LogP contribution >= 0.6 is 0 Å². The maximum Gasteiger partial charge on any atom is 0.358 e. The van der Waals surface area contributed by atoms with Crippen molar-refractivity contribution in [1.82, 2.24) is 14.5 Å². The van der Waals surface area contributed by atoms with Crippen molar-refractivity contribution in [3.8, 4) is 0 Å². The van der Waals surface area contributed by atoms with Crippen molar-refractivity contribution in [3.63, 3.8) is 0 Å². The van der Waals surface area contributed by atoms with E-state index in [-0.39, 0.29) is 18.1 Å². The molecule has 0 amide bonds. The Morgan fingerprint density at radius 1 is 1.22 bits per heavy atom. The predicted molar refractivity (Wildman–Crippen MR) is 102 cm³/mol. The third kappa shape index (κ3) is 4.70. The third-order valence-corrected chi connectivity index (χ3v) is 5.02. The summed E-state index contributed by atoms with van der Waals surface area (Å²) >= 11 is 0. The lowest BCUT2D eigenvalue weighted by atomic mass is 9.97. The van der Waals surface area contributed by atoms with Gasteiger partial charge in [0, 0.05) is 35.9 Å². The van der Waals surface area contributed by atoms with Crippen LogP contribution in [0.5, 0.6) is 0 Å². The molecule has 0 unspecified atom stereocenters. The molecule has 142 valence electrons. The van der Waals surface area contributed by atoms with Gasteiger partial charge in [-0.3, -0.25) is 9.78 Å². The van der Waals surface area contributed by atoms with Crippen LogP contribution in [0.15, 0.2) is 36.3 Å². The summed E-state index contributed by atoms with van der Waals surface area (Å²) < 4.78 is 7.27. The molecule has 0 atom stereocenters. The summed E-state index contributed by atoms with van der Waals surface area (Å²) in [5, 5.41) is 0. The van der Waals surface area contributed by atoms with Gasteiger partial charge in [0.15, 0.2) is 12.3 Å². The molecule has 2 aromatic rings. The van der Waals surface area contributed by atoms with Crippen LogP contribution in [-0.4, -0.2) is 32.9 Å². The smallest absolute Gasteiger partial charge is 0.358 e. The molecule has 6 nitrogen and oxygen atoms in total. The normalized spacial score (nSPS) is 13.9. The topological polar surface area (TPSA) is 74.1 Å². The van der Waals surface area contributed by atoms with Crippen LogP contribution in [0.25, 0.3) is 0 Å². The number of aryl methyl sites for hydroxylation is 1. The van der Waals surface area contributed by atoms with Crippen molar-refractivity contribution in [3.05, 3.63) is 59.0 Å². The van der Waals surface area contributed by atoms with Crippen LogP contribution in [0.1, 0.15) is 64.3 Å². The zero-order valence-corrected chi connectivity index (χ0v) is 15.9. The summed E-state index contributed by atoms with van der Waals surface area (Å²) in [6, 6.07) is 1.88. The molecule has 0 aromatic carbocycles. The summed E-state index contributed by atoms with van der Waals surface area (Å²) in [5.41, 5.74) is 4.19. The van der Waals surface area contributed by atoms with Crippen LogP contribution in [0, 0.1) is 13.8 Å². The van der Waals surface area contributed by atoms with Crippen LogP contribution in [0.4, 0.5) is 0 Å². The fourth-order valence-corrected chi connectivity index (χ4v) is 3.50. The molecule has 0 saturated heterocycles. The maximum absolute atomic E-state index is 12.5. The zero-order valence-electron chi connectivity index (χ0n) is 15.9. The van der Waals surface area contributed by atoms with E-state index in [0.717, 1.165) is 24.4 Å². The van der Waals surface area contributed by atoms with Gasteiger partial charge in [0.05, 0.1) is 6.20 Å². The molecule has 0 bridgehead atoms. The van der Waals surface area contributed by atoms with Gasteiger partial charge in [-0.1, -0.05) is 11.6 Å². The van der Waals surface area contributed by atoms with E-state index in [9.17, 15) is 9.59 Å². The first kappa shape index (κ1) is 19.0. The summed E-state index contributed by atoms with van der Waals surface area (Å²) in [7, 11) is 0. The average Bonchev–Trinajstić information content (AvgIpc) is 2.99. The number of ketones is 1. The van der Waals surface area contributed by atoms with Gasteiger partial charge >= 0.3 is 5.97 Å². The Kier molecular flexibility index (Phi) is 6.16. The van der Waals surface area contributed by atoms with E-state index in [1.54, 1.807) is 0 Å². The standard InChI is InChI=1S/C21H25N3O3/c1-15-12-18(16(2)24(15)11-8-17-6-4-3-5-7-17)20(25)14-27-21(26)19-13-22-9-10-23-19/h6,9-10,12-13H,3-5,7-8,11,14H2,1-2H3. The molecular weight excluding hydrogens is 342 g/mol. The van der Waals surface area contributed by atoms with Gasteiger partial charge < -0.3 is 9.30 Å². The molecule has 0 N–H and O–H groups in total. The number of hydrogen-bond donors (Lipinski definition) is 0. The van der Waals surface area contributed by atoms with E-state index in [4.69, 9.17) is 4.74 Å². The second kappa shape index (κ2) is 8.75. The quantitative estimate of drug-likeness (QED) is 0.422. The molecule has 2 aromatic heterocycles. The second-order valence-electron chi connectivity index (χ2n) is 6.88. The fraction of sp³-hybridized carbons (Fsp3) is 0.429. The number of hydrogen-bond acceptors (Lipinski definition) is 5. The van der Waals surface area contributed by atoms with E-state index in [1.165, 1.54) is 49.8 Å². The van der Waals surface area contributed by atoms with Crippen molar-refractivity contribution >= 4 is 11.8 Å². The van der Waals surface area contributed by atoms with Crippen LogP contribution in [0.2, 0.25) is 0 Å².